The van der Waals surface area contributed by atoms with Crippen LogP contribution in [0.3, 0.4) is 0 Å². The number of nitrogens with zero attached hydrogens (tertiary/aromatic N) is 4. The molecule has 3 rings (SSSR count). The standard InChI is InChI=1S/C18H17F3N4OS/c1-11-9-14(12(2)25(11)13-7-5-4-6-8-13)15(26)10-27-17-23-22-16(24(17)3)18(19,20)21/h4-9H,10H2,1-3H3. The van der Waals surface area contributed by atoms with Gasteiger partial charge < -0.3 is 9.13 Å². The highest BCUT2D eigenvalue weighted by molar-refractivity contribution is 7.99. The molecule has 0 saturated heterocycles. The molecule has 0 saturated carbocycles. The van der Waals surface area contributed by atoms with Gasteiger partial charge in [-0.3, -0.25) is 4.79 Å². The van der Waals surface area contributed by atoms with Crippen molar-refractivity contribution < 1.29 is 18.0 Å². The lowest BCUT2D eigenvalue weighted by atomic mass is 10.2. The third-order valence-electron chi connectivity index (χ3n) is 4.17. The second kappa shape index (κ2) is 7.22. The zero-order chi connectivity index (χ0) is 19.8. The van der Waals surface area contributed by atoms with Gasteiger partial charge in [0.2, 0.25) is 5.82 Å². The molecule has 0 atom stereocenters. The van der Waals surface area contributed by atoms with Crippen molar-refractivity contribution in [2.45, 2.75) is 25.2 Å². The van der Waals surface area contributed by atoms with Crippen molar-refractivity contribution in [3.05, 3.63) is 59.2 Å². The Labute approximate surface area is 158 Å². The van der Waals surface area contributed by atoms with E-state index >= 15 is 0 Å². The van der Waals surface area contributed by atoms with Gasteiger partial charge in [-0.1, -0.05) is 30.0 Å². The number of para-hydroxylation sites is 1. The van der Waals surface area contributed by atoms with E-state index in [1.807, 2.05) is 48.7 Å². The van der Waals surface area contributed by atoms with Crippen LogP contribution in [-0.4, -0.2) is 30.9 Å². The normalized spacial score (nSPS) is 11.8. The van der Waals surface area contributed by atoms with Crippen molar-refractivity contribution in [3.63, 3.8) is 0 Å². The molecule has 9 heteroatoms. The molecule has 5 nitrogen and oxygen atoms in total. The van der Waals surface area contributed by atoms with E-state index in [1.165, 1.54) is 7.05 Å². The molecule has 27 heavy (non-hydrogen) atoms. The maximum Gasteiger partial charge on any atom is 0.451 e. The summed E-state index contributed by atoms with van der Waals surface area (Å²) in [6.07, 6.45) is -4.58. The topological polar surface area (TPSA) is 52.7 Å². The van der Waals surface area contributed by atoms with Gasteiger partial charge in [-0.15, -0.1) is 10.2 Å². The van der Waals surface area contributed by atoms with Crippen molar-refractivity contribution in [1.82, 2.24) is 19.3 Å². The van der Waals surface area contributed by atoms with Crippen molar-refractivity contribution in [1.29, 1.82) is 0 Å². The highest BCUT2D eigenvalue weighted by atomic mass is 32.2. The monoisotopic (exact) mass is 394 g/mol. The molecule has 0 fully saturated rings. The molecule has 0 amide bonds. The number of benzene rings is 1. The number of ketones is 1. The summed E-state index contributed by atoms with van der Waals surface area (Å²) in [5.41, 5.74) is 3.19. The molecule has 1 aromatic carbocycles. The largest absolute Gasteiger partial charge is 0.451 e. The quantitative estimate of drug-likeness (QED) is 0.480. The predicted molar refractivity (Wildman–Crippen MR) is 96.3 cm³/mol. The lowest BCUT2D eigenvalue weighted by molar-refractivity contribution is -0.147. The first-order valence-electron chi connectivity index (χ1n) is 8.07. The minimum atomic E-state index is -4.58. The van der Waals surface area contributed by atoms with Crippen LogP contribution in [0.4, 0.5) is 13.2 Å². The number of alkyl halides is 3. The second-order valence-corrected chi connectivity index (χ2v) is 6.97. The number of Topliss-reactive ketones (excluding diaryl/α,β-unsaturated/α-hetero) is 1. The van der Waals surface area contributed by atoms with Crippen molar-refractivity contribution in [3.8, 4) is 5.69 Å². The van der Waals surface area contributed by atoms with E-state index < -0.39 is 12.0 Å². The van der Waals surface area contributed by atoms with Crippen LogP contribution in [0.15, 0.2) is 41.6 Å². The Morgan fingerprint density at radius 2 is 1.81 bits per heavy atom. The van der Waals surface area contributed by atoms with Gasteiger partial charge in [0.25, 0.3) is 0 Å². The molecule has 0 aliphatic carbocycles. The van der Waals surface area contributed by atoms with Gasteiger partial charge in [0.1, 0.15) is 0 Å². The Kier molecular flexibility index (Phi) is 5.14. The van der Waals surface area contributed by atoms with Crippen LogP contribution in [0.2, 0.25) is 0 Å². The first kappa shape index (κ1) is 19.2. The van der Waals surface area contributed by atoms with Gasteiger partial charge in [0.05, 0.1) is 5.75 Å². The molecular formula is C18H17F3N4OS. The van der Waals surface area contributed by atoms with Crippen LogP contribution in [0.25, 0.3) is 5.69 Å². The van der Waals surface area contributed by atoms with Crippen LogP contribution in [0.1, 0.15) is 27.6 Å². The summed E-state index contributed by atoms with van der Waals surface area (Å²) in [4.78, 5) is 12.6. The van der Waals surface area contributed by atoms with Crippen LogP contribution in [0, 0.1) is 13.8 Å². The summed E-state index contributed by atoms with van der Waals surface area (Å²) in [6, 6.07) is 11.4. The molecule has 2 heterocycles. The minimum Gasteiger partial charge on any atom is -0.318 e. The number of hydrogen-bond acceptors (Lipinski definition) is 4. The van der Waals surface area contributed by atoms with Crippen molar-refractivity contribution >= 4 is 17.5 Å². The number of thioether (sulfide) groups is 1. The van der Waals surface area contributed by atoms with E-state index in [-0.39, 0.29) is 16.7 Å². The van der Waals surface area contributed by atoms with Crippen molar-refractivity contribution in [2.24, 2.45) is 7.05 Å². The van der Waals surface area contributed by atoms with Crippen LogP contribution in [0.5, 0.6) is 0 Å². The third-order valence-corrected chi connectivity index (χ3v) is 5.19. The fraction of sp³-hybridized carbons (Fsp3) is 0.278. The SMILES string of the molecule is Cc1cc(C(=O)CSc2nnc(C(F)(F)F)n2C)c(C)n1-c1ccccc1. The average molecular weight is 394 g/mol. The fourth-order valence-corrected chi connectivity index (χ4v) is 3.71. The predicted octanol–water partition coefficient (Wildman–Crippen LogP) is 4.22. The summed E-state index contributed by atoms with van der Waals surface area (Å²) in [6.45, 7) is 3.75. The Hall–Kier alpha value is -2.55. The molecule has 2 aromatic heterocycles. The zero-order valence-corrected chi connectivity index (χ0v) is 15.7. The van der Waals surface area contributed by atoms with Gasteiger partial charge in [-0.05, 0) is 32.0 Å². The first-order valence-corrected chi connectivity index (χ1v) is 9.05. The smallest absolute Gasteiger partial charge is 0.318 e. The molecule has 0 unspecified atom stereocenters. The van der Waals surface area contributed by atoms with Gasteiger partial charge in [-0.25, -0.2) is 0 Å². The Balaban J connectivity index is 1.79. The highest BCUT2D eigenvalue weighted by Crippen LogP contribution is 2.30. The number of carbonyl (C=O) groups excluding carboxylic acids is 1. The van der Waals surface area contributed by atoms with E-state index in [2.05, 4.69) is 10.2 Å². The van der Waals surface area contributed by atoms with Gasteiger partial charge in [-0.2, -0.15) is 13.2 Å². The van der Waals surface area contributed by atoms with Gasteiger partial charge in [0.15, 0.2) is 10.9 Å². The summed E-state index contributed by atoms with van der Waals surface area (Å²) in [5, 5.41) is 6.75. The number of carbonyl (C=O) groups is 1. The molecule has 0 N–H and O–H groups in total. The zero-order valence-electron chi connectivity index (χ0n) is 14.9. The lowest BCUT2D eigenvalue weighted by Crippen LogP contribution is -2.13. The Morgan fingerprint density at radius 1 is 1.15 bits per heavy atom. The summed E-state index contributed by atoms with van der Waals surface area (Å²) in [7, 11) is 1.23. The van der Waals surface area contributed by atoms with Crippen LogP contribution >= 0.6 is 11.8 Å². The lowest BCUT2D eigenvalue weighted by Gasteiger charge is -2.09. The summed E-state index contributed by atoms with van der Waals surface area (Å²) >= 11 is 0.937. The second-order valence-electron chi connectivity index (χ2n) is 6.03. The first-order chi connectivity index (χ1) is 12.7. The number of aryl methyl sites for hydroxylation is 1. The molecular weight excluding hydrogens is 377 g/mol. The molecule has 3 aromatic rings. The Morgan fingerprint density at radius 3 is 2.41 bits per heavy atom. The molecule has 0 bridgehead atoms. The number of rotatable bonds is 5. The van der Waals surface area contributed by atoms with Gasteiger partial charge in [0, 0.05) is 29.7 Å². The number of aromatic nitrogens is 4. The average Bonchev–Trinajstić information content (AvgIpc) is 3.13. The van der Waals surface area contributed by atoms with Gasteiger partial charge >= 0.3 is 6.18 Å². The van der Waals surface area contributed by atoms with E-state index in [1.54, 1.807) is 6.07 Å². The van der Waals surface area contributed by atoms with E-state index in [9.17, 15) is 18.0 Å². The van der Waals surface area contributed by atoms with Crippen molar-refractivity contribution in [2.75, 3.05) is 5.75 Å². The minimum absolute atomic E-state index is 0.0249. The maximum atomic E-state index is 12.8. The number of halogens is 3. The Bertz CT molecular complexity index is 977. The summed E-state index contributed by atoms with van der Waals surface area (Å²) in [5.74, 6) is -1.28. The van der Waals surface area contributed by atoms with E-state index in [4.69, 9.17) is 0 Å². The molecule has 0 aliphatic heterocycles. The molecule has 0 aliphatic rings. The van der Waals surface area contributed by atoms with E-state index in [0.717, 1.165) is 33.4 Å². The number of hydrogen-bond donors (Lipinski definition) is 0. The molecule has 142 valence electrons. The highest BCUT2D eigenvalue weighted by Gasteiger charge is 2.37. The van der Waals surface area contributed by atoms with Crippen LogP contribution in [-0.2, 0) is 13.2 Å². The molecule has 0 spiro atoms. The summed E-state index contributed by atoms with van der Waals surface area (Å²) < 4.78 is 41.2. The maximum absolute atomic E-state index is 12.8. The molecule has 0 radical (unpaired) electrons. The fourth-order valence-electron chi connectivity index (χ4n) is 2.91. The van der Waals surface area contributed by atoms with E-state index in [0.29, 0.717) is 5.56 Å². The third kappa shape index (κ3) is 3.78. The van der Waals surface area contributed by atoms with Crippen LogP contribution < -0.4 is 0 Å².